The molecule has 0 bridgehead atoms. The molecule has 0 radical (unpaired) electrons. The summed E-state index contributed by atoms with van der Waals surface area (Å²) in [6.45, 7) is 4.00. The van der Waals surface area contributed by atoms with Crippen LogP contribution in [-0.2, 0) is 4.74 Å². The minimum absolute atomic E-state index is 0.197. The zero-order valence-electron chi connectivity index (χ0n) is 9.23. The van der Waals surface area contributed by atoms with E-state index in [9.17, 15) is 9.90 Å². The molecule has 2 N–H and O–H groups in total. The SMILES string of the molecule is CC(C)=CCOC(=O)c1ccc(O)c(O)c1. The van der Waals surface area contributed by atoms with E-state index in [-0.39, 0.29) is 23.7 Å². The highest BCUT2D eigenvalue weighted by Crippen LogP contribution is 2.25. The fourth-order valence-corrected chi connectivity index (χ4v) is 1.02. The quantitative estimate of drug-likeness (QED) is 0.467. The highest BCUT2D eigenvalue weighted by Gasteiger charge is 2.09. The second-order valence-electron chi connectivity index (χ2n) is 3.58. The van der Waals surface area contributed by atoms with Gasteiger partial charge in [0.25, 0.3) is 0 Å². The number of phenolic OH excluding ortho intramolecular Hbond substituents is 2. The zero-order valence-corrected chi connectivity index (χ0v) is 9.23. The van der Waals surface area contributed by atoms with Gasteiger partial charge in [-0.1, -0.05) is 5.57 Å². The normalized spacial score (nSPS) is 9.62. The van der Waals surface area contributed by atoms with Gasteiger partial charge in [-0.25, -0.2) is 4.79 Å². The van der Waals surface area contributed by atoms with Crippen LogP contribution in [0, 0.1) is 0 Å². The maximum absolute atomic E-state index is 11.4. The molecule has 0 amide bonds. The standard InChI is InChI=1S/C12H14O4/c1-8(2)5-6-16-12(15)9-3-4-10(13)11(14)7-9/h3-5,7,13-14H,6H2,1-2H3. The lowest BCUT2D eigenvalue weighted by Gasteiger charge is -2.03. The molecule has 0 fully saturated rings. The number of rotatable bonds is 3. The number of carbonyl (C=O) groups is 1. The highest BCUT2D eigenvalue weighted by atomic mass is 16.5. The van der Waals surface area contributed by atoms with Crippen LogP contribution in [0.5, 0.6) is 11.5 Å². The van der Waals surface area contributed by atoms with Crippen molar-refractivity contribution in [1.82, 2.24) is 0 Å². The van der Waals surface area contributed by atoms with Crippen molar-refractivity contribution in [2.45, 2.75) is 13.8 Å². The summed E-state index contributed by atoms with van der Waals surface area (Å²) in [6.07, 6.45) is 1.78. The summed E-state index contributed by atoms with van der Waals surface area (Å²) in [4.78, 5) is 11.4. The van der Waals surface area contributed by atoms with Crippen LogP contribution in [0.3, 0.4) is 0 Å². The van der Waals surface area contributed by atoms with E-state index in [1.54, 1.807) is 6.08 Å². The van der Waals surface area contributed by atoms with Crippen molar-refractivity contribution >= 4 is 5.97 Å². The second-order valence-corrected chi connectivity index (χ2v) is 3.58. The van der Waals surface area contributed by atoms with Crippen molar-refractivity contribution in [3.05, 3.63) is 35.4 Å². The topological polar surface area (TPSA) is 66.8 Å². The largest absolute Gasteiger partial charge is 0.504 e. The molecule has 4 nitrogen and oxygen atoms in total. The Hall–Kier alpha value is -1.97. The molecule has 0 saturated heterocycles. The molecule has 0 aliphatic heterocycles. The first kappa shape index (κ1) is 12.1. The fraction of sp³-hybridized carbons (Fsp3) is 0.250. The predicted molar refractivity (Wildman–Crippen MR) is 59.5 cm³/mol. The van der Waals surface area contributed by atoms with Gasteiger partial charge in [-0.3, -0.25) is 0 Å². The smallest absolute Gasteiger partial charge is 0.338 e. The molecule has 0 atom stereocenters. The molecule has 0 aliphatic carbocycles. The third kappa shape index (κ3) is 3.31. The molecule has 1 aromatic carbocycles. The summed E-state index contributed by atoms with van der Waals surface area (Å²) in [5.74, 6) is -1.13. The van der Waals surface area contributed by atoms with Crippen molar-refractivity contribution in [1.29, 1.82) is 0 Å². The van der Waals surface area contributed by atoms with Gasteiger partial charge >= 0.3 is 5.97 Å². The van der Waals surface area contributed by atoms with Crippen LogP contribution in [0.2, 0.25) is 0 Å². The average molecular weight is 222 g/mol. The number of hydrogen-bond acceptors (Lipinski definition) is 4. The Morgan fingerprint density at radius 2 is 2.00 bits per heavy atom. The number of carbonyl (C=O) groups excluding carboxylic acids is 1. The molecule has 0 aromatic heterocycles. The number of esters is 1. The molecular weight excluding hydrogens is 208 g/mol. The minimum atomic E-state index is -0.534. The number of benzene rings is 1. The van der Waals surface area contributed by atoms with E-state index < -0.39 is 5.97 Å². The van der Waals surface area contributed by atoms with Gasteiger partial charge in [-0.2, -0.15) is 0 Å². The lowest BCUT2D eigenvalue weighted by Crippen LogP contribution is -2.05. The second kappa shape index (κ2) is 5.21. The Bertz CT molecular complexity index is 417. The van der Waals surface area contributed by atoms with Gasteiger partial charge < -0.3 is 14.9 Å². The molecule has 0 saturated carbocycles. The number of aromatic hydroxyl groups is 2. The third-order valence-corrected chi connectivity index (χ3v) is 1.92. The van der Waals surface area contributed by atoms with E-state index in [4.69, 9.17) is 9.84 Å². The zero-order chi connectivity index (χ0) is 12.1. The Morgan fingerprint density at radius 1 is 1.31 bits per heavy atom. The molecule has 4 heteroatoms. The van der Waals surface area contributed by atoms with Crippen molar-refractivity contribution in [3.8, 4) is 11.5 Å². The van der Waals surface area contributed by atoms with Crippen LogP contribution in [0.15, 0.2) is 29.8 Å². The molecule has 0 heterocycles. The lowest BCUT2D eigenvalue weighted by molar-refractivity contribution is 0.0548. The average Bonchev–Trinajstić information content (AvgIpc) is 2.21. The Morgan fingerprint density at radius 3 is 2.56 bits per heavy atom. The first-order valence-electron chi connectivity index (χ1n) is 4.83. The monoisotopic (exact) mass is 222 g/mol. The van der Waals surface area contributed by atoms with E-state index >= 15 is 0 Å². The van der Waals surface area contributed by atoms with Crippen LogP contribution >= 0.6 is 0 Å². The van der Waals surface area contributed by atoms with Gasteiger partial charge in [0.15, 0.2) is 11.5 Å². The molecule has 0 aliphatic rings. The van der Waals surface area contributed by atoms with Crippen LogP contribution in [-0.4, -0.2) is 22.8 Å². The van der Waals surface area contributed by atoms with Crippen molar-refractivity contribution in [2.24, 2.45) is 0 Å². The van der Waals surface area contributed by atoms with E-state index in [2.05, 4.69) is 0 Å². The first-order valence-corrected chi connectivity index (χ1v) is 4.83. The van der Waals surface area contributed by atoms with E-state index in [1.807, 2.05) is 13.8 Å². The summed E-state index contributed by atoms with van der Waals surface area (Å²) >= 11 is 0. The summed E-state index contributed by atoms with van der Waals surface area (Å²) in [6, 6.07) is 3.80. The van der Waals surface area contributed by atoms with Gasteiger partial charge in [-0.15, -0.1) is 0 Å². The first-order chi connectivity index (χ1) is 7.50. The molecule has 0 spiro atoms. The van der Waals surface area contributed by atoms with Gasteiger partial charge in [0.05, 0.1) is 5.56 Å². The van der Waals surface area contributed by atoms with Gasteiger partial charge in [0.1, 0.15) is 6.61 Å². The Kier molecular flexibility index (Phi) is 3.94. The minimum Gasteiger partial charge on any atom is -0.504 e. The molecular formula is C12H14O4. The number of hydrogen-bond donors (Lipinski definition) is 2. The molecule has 1 rings (SSSR count). The highest BCUT2D eigenvalue weighted by molar-refractivity contribution is 5.90. The summed E-state index contributed by atoms with van der Waals surface area (Å²) in [5.41, 5.74) is 1.26. The van der Waals surface area contributed by atoms with Crippen molar-refractivity contribution in [2.75, 3.05) is 6.61 Å². The van der Waals surface area contributed by atoms with Crippen LogP contribution in [0.4, 0.5) is 0 Å². The summed E-state index contributed by atoms with van der Waals surface area (Å²) < 4.78 is 4.93. The fourth-order valence-electron chi connectivity index (χ4n) is 1.02. The van der Waals surface area contributed by atoms with Crippen molar-refractivity contribution < 1.29 is 19.7 Å². The lowest BCUT2D eigenvalue weighted by atomic mass is 10.2. The van der Waals surface area contributed by atoms with Crippen LogP contribution < -0.4 is 0 Å². The van der Waals surface area contributed by atoms with Gasteiger partial charge in [0, 0.05) is 0 Å². The number of ether oxygens (including phenoxy) is 1. The summed E-state index contributed by atoms with van der Waals surface area (Å²) in [5, 5.41) is 18.3. The van der Waals surface area contributed by atoms with Gasteiger partial charge in [0.2, 0.25) is 0 Å². The summed E-state index contributed by atoms with van der Waals surface area (Å²) in [7, 11) is 0. The molecule has 86 valence electrons. The van der Waals surface area contributed by atoms with E-state index in [1.165, 1.54) is 18.2 Å². The third-order valence-electron chi connectivity index (χ3n) is 1.92. The van der Waals surface area contributed by atoms with Crippen LogP contribution in [0.1, 0.15) is 24.2 Å². The maximum atomic E-state index is 11.4. The van der Waals surface area contributed by atoms with Crippen molar-refractivity contribution in [3.63, 3.8) is 0 Å². The molecule has 0 unspecified atom stereocenters. The maximum Gasteiger partial charge on any atom is 0.338 e. The van der Waals surface area contributed by atoms with E-state index in [0.717, 1.165) is 5.57 Å². The van der Waals surface area contributed by atoms with Gasteiger partial charge in [-0.05, 0) is 38.1 Å². The number of phenols is 2. The van der Waals surface area contributed by atoms with E-state index in [0.29, 0.717) is 0 Å². The molecule has 16 heavy (non-hydrogen) atoms. The predicted octanol–water partition coefficient (Wildman–Crippen LogP) is 2.22. The van der Waals surface area contributed by atoms with Crippen LogP contribution in [0.25, 0.3) is 0 Å². The number of allylic oxidation sites excluding steroid dienone is 1. The molecule has 1 aromatic rings. The Labute approximate surface area is 93.8 Å². The Balaban J connectivity index is 2.66.